The summed E-state index contributed by atoms with van der Waals surface area (Å²) in [5.74, 6) is -0.0181. The fourth-order valence-corrected chi connectivity index (χ4v) is 4.73. The summed E-state index contributed by atoms with van der Waals surface area (Å²) in [6, 6.07) is 3.68. The maximum absolute atomic E-state index is 13.0. The van der Waals surface area contributed by atoms with Crippen LogP contribution in [0.3, 0.4) is 0 Å². The van der Waals surface area contributed by atoms with Crippen LogP contribution in [-0.4, -0.2) is 19.9 Å². The molecule has 1 aromatic rings. The fraction of sp³-hybridized carbons (Fsp3) is 0.429. The molecule has 1 aliphatic carbocycles. The molecule has 0 aromatic heterocycles. The summed E-state index contributed by atoms with van der Waals surface area (Å²) in [4.78, 5) is 12.8. The van der Waals surface area contributed by atoms with Crippen molar-refractivity contribution in [2.45, 2.75) is 53.4 Å². The largest absolute Gasteiger partial charge is 0.289 e. The molecule has 4 nitrogen and oxygen atoms in total. The Kier molecular flexibility index (Phi) is 5.71. The molecule has 0 aliphatic heterocycles. The van der Waals surface area contributed by atoms with Gasteiger partial charge in [0.05, 0.1) is 10.6 Å². The van der Waals surface area contributed by atoms with E-state index in [4.69, 9.17) is 0 Å². The third kappa shape index (κ3) is 4.04. The Morgan fingerprint density at radius 2 is 1.27 bits per heavy atom. The summed E-state index contributed by atoms with van der Waals surface area (Å²) >= 11 is 0. The highest BCUT2D eigenvalue weighted by Gasteiger charge is 2.26. The van der Waals surface area contributed by atoms with E-state index in [1.54, 1.807) is 26.0 Å². The molecule has 0 radical (unpaired) electrons. The average Bonchev–Trinajstić information content (AvgIpc) is 2.46. The van der Waals surface area contributed by atoms with Crippen LogP contribution in [0.1, 0.15) is 44.4 Å². The molecule has 0 saturated carbocycles. The van der Waals surface area contributed by atoms with Gasteiger partial charge in [-0.2, -0.15) is 12.8 Å². The zero-order valence-electron chi connectivity index (χ0n) is 16.5. The van der Waals surface area contributed by atoms with Gasteiger partial charge in [0.25, 0.3) is 10.0 Å². The molecule has 5 heteroatoms. The van der Waals surface area contributed by atoms with Crippen molar-refractivity contribution >= 4 is 21.5 Å². The predicted octanol–water partition coefficient (Wildman–Crippen LogP) is 4.49. The smallest absolute Gasteiger partial charge is 0.283 e. The molecule has 0 saturated heterocycles. The van der Waals surface area contributed by atoms with Crippen LogP contribution in [0.2, 0.25) is 0 Å². The maximum atomic E-state index is 13.0. The Hall–Kier alpha value is -2.01. The molecule has 0 spiro atoms. The average molecular weight is 374 g/mol. The first-order chi connectivity index (χ1) is 11.9. The van der Waals surface area contributed by atoms with E-state index >= 15 is 0 Å². The van der Waals surface area contributed by atoms with E-state index in [9.17, 15) is 13.2 Å². The third-order valence-corrected chi connectivity index (χ3v) is 6.07. The molecule has 26 heavy (non-hydrogen) atoms. The van der Waals surface area contributed by atoms with Crippen LogP contribution in [-0.2, 0) is 14.8 Å². The minimum absolute atomic E-state index is 0.000649. The van der Waals surface area contributed by atoms with E-state index in [2.05, 4.69) is 4.40 Å². The molecule has 0 N–H and O–H groups in total. The standard InChI is InChI=1S/C21H27NO3S/c1-12(2)18-10-17(11-19(13(3)4)20(18)23)22-26(24,25)21-15(6)8-14(5)9-16(21)7/h8-13H,1-7H3. The minimum Gasteiger partial charge on any atom is -0.289 e. The van der Waals surface area contributed by atoms with E-state index in [0.717, 1.165) is 5.56 Å². The SMILES string of the molecule is Cc1cc(C)c(S(=O)(=O)N=C2C=C(C(C)C)C(=O)C(C(C)C)=C2)c(C)c1. The maximum Gasteiger partial charge on any atom is 0.283 e. The van der Waals surface area contributed by atoms with E-state index in [0.29, 0.717) is 28.0 Å². The number of hydrogen-bond donors (Lipinski definition) is 0. The monoisotopic (exact) mass is 373 g/mol. The van der Waals surface area contributed by atoms with Crippen LogP contribution in [0.15, 0.2) is 44.7 Å². The Balaban J connectivity index is 2.65. The molecule has 140 valence electrons. The lowest BCUT2D eigenvalue weighted by Crippen LogP contribution is -2.21. The van der Waals surface area contributed by atoms with Gasteiger partial charge in [0.15, 0.2) is 5.78 Å². The zero-order valence-corrected chi connectivity index (χ0v) is 17.4. The highest BCUT2D eigenvalue weighted by atomic mass is 32.2. The number of sulfonamides is 1. The first-order valence-corrected chi connectivity index (χ1v) is 10.3. The Bertz CT molecular complexity index is 892. The second-order valence-electron chi connectivity index (χ2n) is 7.56. The van der Waals surface area contributed by atoms with Gasteiger partial charge in [-0.1, -0.05) is 45.4 Å². The summed E-state index contributed by atoms with van der Waals surface area (Å²) < 4.78 is 30.0. The molecule has 0 unspecified atom stereocenters. The molecule has 0 heterocycles. The number of aryl methyl sites for hydroxylation is 3. The van der Waals surface area contributed by atoms with Crippen LogP contribution >= 0.6 is 0 Å². The van der Waals surface area contributed by atoms with Gasteiger partial charge >= 0.3 is 0 Å². The number of Topliss-reactive ketones (excluding diaryl/α,β-unsaturated/α-hetero) is 1. The summed E-state index contributed by atoms with van der Waals surface area (Å²) in [6.07, 6.45) is 3.21. The second kappa shape index (κ2) is 7.31. The number of allylic oxidation sites excluding steroid dienone is 4. The van der Waals surface area contributed by atoms with Crippen molar-refractivity contribution in [3.05, 3.63) is 52.1 Å². The number of ketones is 1. The third-order valence-electron chi connectivity index (χ3n) is 4.46. The summed E-state index contributed by atoms with van der Waals surface area (Å²) in [6.45, 7) is 13.2. The molecular weight excluding hydrogens is 346 g/mol. The number of carbonyl (C=O) groups is 1. The van der Waals surface area contributed by atoms with Crippen molar-refractivity contribution in [3.63, 3.8) is 0 Å². The van der Waals surface area contributed by atoms with Gasteiger partial charge in [0.2, 0.25) is 0 Å². The van der Waals surface area contributed by atoms with Gasteiger partial charge in [-0.3, -0.25) is 4.79 Å². The molecular formula is C21H27NO3S. The molecule has 1 aliphatic rings. The second-order valence-corrected chi connectivity index (χ2v) is 9.10. The van der Waals surface area contributed by atoms with Crippen LogP contribution in [0.5, 0.6) is 0 Å². The zero-order chi connectivity index (χ0) is 19.8. The first kappa shape index (κ1) is 20.3. The van der Waals surface area contributed by atoms with Crippen molar-refractivity contribution in [2.75, 3.05) is 0 Å². The lowest BCUT2D eigenvalue weighted by molar-refractivity contribution is -0.113. The topological polar surface area (TPSA) is 63.6 Å². The van der Waals surface area contributed by atoms with Crippen LogP contribution in [0.4, 0.5) is 0 Å². The Labute approximate surface area is 156 Å². The van der Waals surface area contributed by atoms with Gasteiger partial charge in [-0.25, -0.2) is 0 Å². The Morgan fingerprint density at radius 1 is 0.846 bits per heavy atom. The minimum atomic E-state index is -3.87. The molecule has 2 rings (SSSR count). The predicted molar refractivity (Wildman–Crippen MR) is 106 cm³/mol. The van der Waals surface area contributed by atoms with E-state index in [1.807, 2.05) is 46.8 Å². The van der Waals surface area contributed by atoms with E-state index in [1.165, 1.54) is 0 Å². The van der Waals surface area contributed by atoms with Crippen molar-refractivity contribution in [1.29, 1.82) is 0 Å². The normalized spacial score (nSPS) is 15.4. The number of hydrogen-bond acceptors (Lipinski definition) is 3. The highest BCUT2D eigenvalue weighted by Crippen LogP contribution is 2.28. The van der Waals surface area contributed by atoms with Gasteiger partial charge in [-0.15, -0.1) is 0 Å². The van der Waals surface area contributed by atoms with E-state index < -0.39 is 10.0 Å². The fourth-order valence-electron chi connectivity index (χ4n) is 3.33. The molecule has 0 amide bonds. The number of benzene rings is 1. The first-order valence-electron chi connectivity index (χ1n) is 8.84. The van der Waals surface area contributed by atoms with Crippen molar-refractivity contribution < 1.29 is 13.2 Å². The lowest BCUT2D eigenvalue weighted by atomic mass is 9.84. The van der Waals surface area contributed by atoms with Crippen molar-refractivity contribution in [3.8, 4) is 0 Å². The number of carbonyl (C=O) groups excluding carboxylic acids is 1. The summed E-state index contributed by atoms with van der Waals surface area (Å²) in [5.41, 5.74) is 3.89. The Morgan fingerprint density at radius 3 is 1.65 bits per heavy atom. The van der Waals surface area contributed by atoms with Crippen LogP contribution in [0, 0.1) is 32.6 Å². The van der Waals surface area contributed by atoms with Gasteiger partial charge < -0.3 is 0 Å². The summed E-state index contributed by atoms with van der Waals surface area (Å²) in [7, 11) is -3.87. The number of rotatable bonds is 4. The van der Waals surface area contributed by atoms with Gasteiger partial charge in [0, 0.05) is 11.1 Å². The van der Waals surface area contributed by atoms with Crippen LogP contribution in [0.25, 0.3) is 0 Å². The molecule has 0 atom stereocenters. The lowest BCUT2D eigenvalue weighted by Gasteiger charge is -2.20. The van der Waals surface area contributed by atoms with E-state index in [-0.39, 0.29) is 22.5 Å². The molecule has 0 bridgehead atoms. The van der Waals surface area contributed by atoms with Gasteiger partial charge in [0.1, 0.15) is 0 Å². The summed E-state index contributed by atoms with van der Waals surface area (Å²) in [5, 5.41) is 0. The molecule has 1 aromatic carbocycles. The number of nitrogens with zero attached hydrogens (tertiary/aromatic N) is 1. The highest BCUT2D eigenvalue weighted by molar-refractivity contribution is 7.90. The van der Waals surface area contributed by atoms with Crippen LogP contribution < -0.4 is 0 Å². The molecule has 0 fully saturated rings. The quantitative estimate of drug-likeness (QED) is 0.731. The van der Waals surface area contributed by atoms with Crippen molar-refractivity contribution in [1.82, 2.24) is 0 Å². The van der Waals surface area contributed by atoms with Gasteiger partial charge in [-0.05, 0) is 55.9 Å². The van der Waals surface area contributed by atoms with Crippen molar-refractivity contribution in [2.24, 2.45) is 16.2 Å².